The molecule has 4 heterocycles. The highest BCUT2D eigenvalue weighted by molar-refractivity contribution is 7.10. The first-order valence-electron chi connectivity index (χ1n) is 9.84. The quantitative estimate of drug-likeness (QED) is 0.792. The van der Waals surface area contributed by atoms with Crippen LogP contribution in [0.2, 0.25) is 0 Å². The van der Waals surface area contributed by atoms with Crippen molar-refractivity contribution in [3.63, 3.8) is 0 Å². The summed E-state index contributed by atoms with van der Waals surface area (Å²) in [5.74, 6) is 2.09. The summed E-state index contributed by atoms with van der Waals surface area (Å²) in [4.78, 5) is 29.6. The van der Waals surface area contributed by atoms with Gasteiger partial charge in [-0.15, -0.1) is 11.3 Å². The highest BCUT2D eigenvalue weighted by Gasteiger charge is 2.23. The maximum atomic E-state index is 12.6. The molecular weight excluding hydrogens is 358 g/mol. The van der Waals surface area contributed by atoms with Crippen LogP contribution in [0.15, 0.2) is 23.7 Å². The van der Waals surface area contributed by atoms with Gasteiger partial charge in [0, 0.05) is 56.8 Å². The highest BCUT2D eigenvalue weighted by Crippen LogP contribution is 2.21. The number of piperazine rings is 1. The van der Waals surface area contributed by atoms with Crippen LogP contribution in [0.25, 0.3) is 0 Å². The van der Waals surface area contributed by atoms with Crippen molar-refractivity contribution < 1.29 is 4.79 Å². The first-order valence-corrected chi connectivity index (χ1v) is 10.7. The van der Waals surface area contributed by atoms with Gasteiger partial charge in [-0.05, 0) is 49.3 Å². The van der Waals surface area contributed by atoms with Gasteiger partial charge in [0.25, 0.3) is 0 Å². The van der Waals surface area contributed by atoms with Crippen LogP contribution in [0.4, 0.5) is 11.8 Å². The summed E-state index contributed by atoms with van der Waals surface area (Å²) in [6.45, 7) is 7.43. The van der Waals surface area contributed by atoms with E-state index < -0.39 is 0 Å². The molecule has 0 unspecified atom stereocenters. The Kier molecular flexibility index (Phi) is 5.57. The van der Waals surface area contributed by atoms with E-state index in [1.54, 1.807) is 11.3 Å². The zero-order chi connectivity index (χ0) is 18.6. The van der Waals surface area contributed by atoms with Crippen LogP contribution in [-0.4, -0.2) is 60.0 Å². The second-order valence-electron chi connectivity index (χ2n) is 7.30. The van der Waals surface area contributed by atoms with Gasteiger partial charge in [0.1, 0.15) is 5.82 Å². The van der Waals surface area contributed by atoms with E-state index in [0.29, 0.717) is 6.42 Å². The summed E-state index contributed by atoms with van der Waals surface area (Å²) in [7, 11) is 0. The van der Waals surface area contributed by atoms with Gasteiger partial charge in [-0.3, -0.25) is 4.79 Å². The third-order valence-corrected chi connectivity index (χ3v) is 6.59. The Balaban J connectivity index is 1.30. The second-order valence-corrected chi connectivity index (χ2v) is 8.30. The first kappa shape index (κ1) is 18.2. The lowest BCUT2D eigenvalue weighted by Crippen LogP contribution is -2.49. The van der Waals surface area contributed by atoms with E-state index in [1.807, 2.05) is 17.2 Å². The molecule has 0 N–H and O–H groups in total. The molecule has 4 rings (SSSR count). The van der Waals surface area contributed by atoms with Crippen LogP contribution >= 0.6 is 11.3 Å². The maximum Gasteiger partial charge on any atom is 0.227 e. The number of aryl methyl sites for hydroxylation is 2. The number of carbonyl (C=O) groups is 1. The van der Waals surface area contributed by atoms with Gasteiger partial charge in [-0.2, -0.15) is 4.98 Å². The first-order chi connectivity index (χ1) is 13.2. The van der Waals surface area contributed by atoms with Gasteiger partial charge >= 0.3 is 0 Å². The fourth-order valence-electron chi connectivity index (χ4n) is 3.81. The van der Waals surface area contributed by atoms with Crippen molar-refractivity contribution in [3.05, 3.63) is 34.2 Å². The van der Waals surface area contributed by atoms with Crippen molar-refractivity contribution in [2.24, 2.45) is 0 Å². The van der Waals surface area contributed by atoms with Crippen LogP contribution in [0, 0.1) is 6.92 Å². The van der Waals surface area contributed by atoms with E-state index in [1.165, 1.54) is 23.3 Å². The van der Waals surface area contributed by atoms with Crippen LogP contribution in [0.3, 0.4) is 0 Å². The molecule has 6 nitrogen and oxygen atoms in total. The molecule has 2 aromatic rings. The van der Waals surface area contributed by atoms with E-state index in [2.05, 4.69) is 33.2 Å². The molecule has 2 aliphatic rings. The lowest BCUT2D eigenvalue weighted by atomic mass is 10.2. The Hall–Kier alpha value is -2.15. The summed E-state index contributed by atoms with van der Waals surface area (Å²) in [5, 5.41) is 2.10. The molecular formula is C20H27N5OS. The standard InChI is InChI=1S/C20H27N5OS/c1-16-7-15-27-17(16)4-5-19(26)24-13-11-23(12-14-24)18-6-8-21-20(22-18)25-9-2-3-10-25/h6-8,15H,2-5,9-14H2,1H3. The summed E-state index contributed by atoms with van der Waals surface area (Å²) in [6, 6.07) is 4.11. The number of hydrogen-bond donors (Lipinski definition) is 0. The Bertz CT molecular complexity index is 778. The molecule has 144 valence electrons. The topological polar surface area (TPSA) is 52.6 Å². The van der Waals surface area contributed by atoms with E-state index in [9.17, 15) is 4.79 Å². The minimum atomic E-state index is 0.267. The Morgan fingerprint density at radius 3 is 2.56 bits per heavy atom. The van der Waals surface area contributed by atoms with Crippen molar-refractivity contribution in [1.82, 2.24) is 14.9 Å². The van der Waals surface area contributed by atoms with E-state index in [-0.39, 0.29) is 5.91 Å². The fraction of sp³-hybridized carbons (Fsp3) is 0.550. The number of rotatable bonds is 5. The average molecular weight is 386 g/mol. The molecule has 2 aliphatic heterocycles. The summed E-state index contributed by atoms with van der Waals surface area (Å²) >= 11 is 1.75. The predicted molar refractivity (Wildman–Crippen MR) is 110 cm³/mol. The summed E-state index contributed by atoms with van der Waals surface area (Å²) in [6.07, 6.45) is 5.76. The van der Waals surface area contributed by atoms with E-state index >= 15 is 0 Å². The lowest BCUT2D eigenvalue weighted by molar-refractivity contribution is -0.131. The molecule has 0 spiro atoms. The zero-order valence-corrected chi connectivity index (χ0v) is 16.7. The SMILES string of the molecule is Cc1ccsc1CCC(=O)N1CCN(c2ccnc(N3CCCC3)n2)CC1. The molecule has 2 saturated heterocycles. The minimum Gasteiger partial charge on any atom is -0.353 e. The van der Waals surface area contributed by atoms with Gasteiger partial charge in [0.2, 0.25) is 11.9 Å². The molecule has 0 atom stereocenters. The van der Waals surface area contributed by atoms with Crippen LogP contribution in [0.5, 0.6) is 0 Å². The van der Waals surface area contributed by atoms with Crippen LogP contribution in [0.1, 0.15) is 29.7 Å². The third kappa shape index (κ3) is 4.24. The Morgan fingerprint density at radius 2 is 1.85 bits per heavy atom. The second kappa shape index (κ2) is 8.25. The van der Waals surface area contributed by atoms with Crippen molar-refractivity contribution in [2.45, 2.75) is 32.6 Å². The van der Waals surface area contributed by atoms with Crippen molar-refractivity contribution >= 4 is 29.0 Å². The monoisotopic (exact) mass is 385 g/mol. The fourth-order valence-corrected chi connectivity index (χ4v) is 4.72. The molecule has 1 amide bonds. The average Bonchev–Trinajstić information content (AvgIpc) is 3.38. The molecule has 0 bridgehead atoms. The summed E-state index contributed by atoms with van der Waals surface area (Å²) in [5.41, 5.74) is 1.30. The number of carbonyl (C=O) groups excluding carboxylic acids is 1. The van der Waals surface area contributed by atoms with Gasteiger partial charge in [-0.25, -0.2) is 4.98 Å². The Labute approximate surface area is 164 Å². The normalized spacial score (nSPS) is 17.6. The van der Waals surface area contributed by atoms with Gasteiger partial charge < -0.3 is 14.7 Å². The van der Waals surface area contributed by atoms with Crippen molar-refractivity contribution in [2.75, 3.05) is 49.1 Å². The van der Waals surface area contributed by atoms with Crippen molar-refractivity contribution in [3.8, 4) is 0 Å². The van der Waals surface area contributed by atoms with E-state index in [0.717, 1.165) is 57.5 Å². The number of aromatic nitrogens is 2. The molecule has 0 aromatic carbocycles. The number of hydrogen-bond acceptors (Lipinski definition) is 6. The number of nitrogens with zero attached hydrogens (tertiary/aromatic N) is 5. The summed E-state index contributed by atoms with van der Waals surface area (Å²) < 4.78 is 0. The van der Waals surface area contributed by atoms with Crippen LogP contribution in [-0.2, 0) is 11.2 Å². The number of thiophene rings is 1. The Morgan fingerprint density at radius 1 is 1.07 bits per heavy atom. The number of anilines is 2. The molecule has 27 heavy (non-hydrogen) atoms. The maximum absolute atomic E-state index is 12.6. The minimum absolute atomic E-state index is 0.267. The number of amides is 1. The van der Waals surface area contributed by atoms with Gasteiger partial charge in [-0.1, -0.05) is 0 Å². The smallest absolute Gasteiger partial charge is 0.227 e. The molecule has 0 radical (unpaired) electrons. The highest BCUT2D eigenvalue weighted by atomic mass is 32.1. The predicted octanol–water partition coefficient (Wildman–Crippen LogP) is 2.73. The van der Waals surface area contributed by atoms with Gasteiger partial charge in [0.05, 0.1) is 0 Å². The molecule has 0 aliphatic carbocycles. The largest absolute Gasteiger partial charge is 0.353 e. The molecule has 2 aromatic heterocycles. The molecule has 7 heteroatoms. The zero-order valence-electron chi connectivity index (χ0n) is 15.9. The lowest BCUT2D eigenvalue weighted by Gasteiger charge is -2.35. The van der Waals surface area contributed by atoms with Crippen LogP contribution < -0.4 is 9.80 Å². The van der Waals surface area contributed by atoms with Crippen molar-refractivity contribution in [1.29, 1.82) is 0 Å². The molecule has 2 fully saturated rings. The third-order valence-electron chi connectivity index (χ3n) is 5.51. The van der Waals surface area contributed by atoms with Gasteiger partial charge in [0.15, 0.2) is 0 Å². The molecule has 0 saturated carbocycles. The van der Waals surface area contributed by atoms with E-state index in [4.69, 9.17) is 4.98 Å².